The van der Waals surface area contributed by atoms with E-state index in [0.717, 1.165) is 31.6 Å². The first-order valence-electron chi connectivity index (χ1n) is 9.16. The minimum Gasteiger partial charge on any atom is -0.493 e. The maximum Gasteiger partial charge on any atom is 0.407 e. The first-order valence-corrected chi connectivity index (χ1v) is 9.16. The van der Waals surface area contributed by atoms with Gasteiger partial charge in [0, 0.05) is 51.3 Å². The van der Waals surface area contributed by atoms with Gasteiger partial charge in [-0.2, -0.15) is 0 Å². The number of rotatable bonds is 7. The van der Waals surface area contributed by atoms with Crippen molar-refractivity contribution in [1.29, 1.82) is 0 Å². The predicted octanol–water partition coefficient (Wildman–Crippen LogP) is 3.01. The number of hydrogen-bond acceptors (Lipinski definition) is 5. The van der Waals surface area contributed by atoms with E-state index in [0.29, 0.717) is 25.4 Å². The Bertz CT molecular complexity index is 800. The molecule has 8 nitrogen and oxygen atoms in total. The summed E-state index contributed by atoms with van der Waals surface area (Å²) in [5, 5.41) is 19.6. The molecule has 1 heterocycles. The molecule has 0 bridgehead atoms. The molecule has 0 atom stereocenters. The fraction of sp³-hybridized carbons (Fsp3) is 0.350. The highest BCUT2D eigenvalue weighted by molar-refractivity contribution is 5.65. The number of hydrogen-bond donors (Lipinski definition) is 1. The highest BCUT2D eigenvalue weighted by atomic mass is 16.6. The summed E-state index contributed by atoms with van der Waals surface area (Å²) in [5.41, 5.74) is 2.40. The number of non-ortho nitro benzene ring substituents is 1. The largest absolute Gasteiger partial charge is 0.493 e. The number of piperazine rings is 1. The lowest BCUT2D eigenvalue weighted by atomic mass is 10.1. The van der Waals surface area contributed by atoms with E-state index in [1.165, 1.54) is 22.6 Å². The van der Waals surface area contributed by atoms with Crippen molar-refractivity contribution in [2.45, 2.75) is 13.0 Å². The van der Waals surface area contributed by atoms with Crippen molar-refractivity contribution < 1.29 is 19.6 Å². The molecule has 1 saturated heterocycles. The fourth-order valence-corrected chi connectivity index (χ4v) is 3.12. The van der Waals surface area contributed by atoms with Gasteiger partial charge < -0.3 is 14.7 Å². The van der Waals surface area contributed by atoms with Gasteiger partial charge in [0.15, 0.2) is 0 Å². The Kier molecular flexibility index (Phi) is 6.44. The molecule has 0 aliphatic carbocycles. The van der Waals surface area contributed by atoms with Gasteiger partial charge in [0.05, 0.1) is 11.5 Å². The van der Waals surface area contributed by atoms with Crippen molar-refractivity contribution in [1.82, 2.24) is 9.80 Å². The summed E-state index contributed by atoms with van der Waals surface area (Å²) in [4.78, 5) is 24.9. The Morgan fingerprint density at radius 1 is 1.00 bits per heavy atom. The molecule has 28 heavy (non-hydrogen) atoms. The molecule has 1 aliphatic heterocycles. The number of nitro benzene ring substituents is 1. The van der Waals surface area contributed by atoms with E-state index < -0.39 is 11.0 Å². The second-order valence-electron chi connectivity index (χ2n) is 6.71. The molecule has 0 spiro atoms. The minimum absolute atomic E-state index is 0.0484. The van der Waals surface area contributed by atoms with Gasteiger partial charge >= 0.3 is 6.09 Å². The lowest BCUT2D eigenvalue weighted by molar-refractivity contribution is -0.384. The monoisotopic (exact) mass is 385 g/mol. The molecule has 0 saturated carbocycles. The van der Waals surface area contributed by atoms with Gasteiger partial charge in [-0.05, 0) is 23.3 Å². The van der Waals surface area contributed by atoms with E-state index in [4.69, 9.17) is 9.84 Å². The van der Waals surface area contributed by atoms with Gasteiger partial charge in [0.1, 0.15) is 5.75 Å². The normalized spacial score (nSPS) is 14.6. The molecule has 1 amide bonds. The van der Waals surface area contributed by atoms with Crippen LogP contribution in [0.2, 0.25) is 0 Å². The second kappa shape index (κ2) is 9.18. The van der Waals surface area contributed by atoms with Crippen LogP contribution in [0.25, 0.3) is 0 Å². The quantitative estimate of drug-likeness (QED) is 0.581. The SMILES string of the molecule is O=C(O)N1CCN(Cc2ccc(CCOc3ccc([N+](=O)[O-])cc3)cc2)CC1. The van der Waals surface area contributed by atoms with Crippen LogP contribution >= 0.6 is 0 Å². The molecule has 2 aromatic carbocycles. The van der Waals surface area contributed by atoms with Crippen LogP contribution in [0, 0.1) is 10.1 Å². The predicted molar refractivity (Wildman–Crippen MR) is 104 cm³/mol. The van der Waals surface area contributed by atoms with E-state index >= 15 is 0 Å². The Balaban J connectivity index is 1.42. The number of amides is 1. The van der Waals surface area contributed by atoms with Gasteiger partial charge in [-0.1, -0.05) is 24.3 Å². The van der Waals surface area contributed by atoms with E-state index in [1.54, 1.807) is 12.1 Å². The first kappa shape index (κ1) is 19.6. The van der Waals surface area contributed by atoms with Crippen molar-refractivity contribution in [3.8, 4) is 5.75 Å². The van der Waals surface area contributed by atoms with Crippen LogP contribution in [-0.2, 0) is 13.0 Å². The zero-order valence-electron chi connectivity index (χ0n) is 15.5. The molecule has 1 fully saturated rings. The summed E-state index contributed by atoms with van der Waals surface area (Å²) in [6.45, 7) is 3.90. The van der Waals surface area contributed by atoms with Crippen LogP contribution in [0.15, 0.2) is 48.5 Å². The molecule has 1 N–H and O–H groups in total. The summed E-state index contributed by atoms with van der Waals surface area (Å²) in [6.07, 6.45) is -0.103. The first-order chi connectivity index (χ1) is 13.5. The highest BCUT2D eigenvalue weighted by Gasteiger charge is 2.20. The third kappa shape index (κ3) is 5.43. The van der Waals surface area contributed by atoms with Crippen molar-refractivity contribution in [2.24, 2.45) is 0 Å². The van der Waals surface area contributed by atoms with E-state index in [9.17, 15) is 14.9 Å². The van der Waals surface area contributed by atoms with Crippen molar-refractivity contribution in [2.75, 3.05) is 32.8 Å². The number of ether oxygens (including phenoxy) is 1. The standard InChI is InChI=1S/C20H23N3O5/c24-20(25)22-12-10-21(11-13-22)15-17-3-1-16(2-4-17)9-14-28-19-7-5-18(6-8-19)23(26)27/h1-8H,9-15H2,(H,24,25). The van der Waals surface area contributed by atoms with Crippen LogP contribution in [0.1, 0.15) is 11.1 Å². The average molecular weight is 385 g/mol. The van der Waals surface area contributed by atoms with E-state index in [-0.39, 0.29) is 5.69 Å². The molecule has 8 heteroatoms. The van der Waals surface area contributed by atoms with Crippen LogP contribution in [0.3, 0.4) is 0 Å². The zero-order chi connectivity index (χ0) is 19.9. The lowest BCUT2D eigenvalue weighted by Crippen LogP contribution is -2.47. The molecule has 0 unspecified atom stereocenters. The fourth-order valence-electron chi connectivity index (χ4n) is 3.12. The lowest BCUT2D eigenvalue weighted by Gasteiger charge is -2.33. The van der Waals surface area contributed by atoms with Gasteiger partial charge in [-0.25, -0.2) is 4.79 Å². The molecule has 3 rings (SSSR count). The van der Waals surface area contributed by atoms with Crippen LogP contribution in [-0.4, -0.2) is 58.7 Å². The van der Waals surface area contributed by atoms with Crippen LogP contribution in [0.5, 0.6) is 5.75 Å². The molecule has 1 aliphatic rings. The number of carbonyl (C=O) groups is 1. The number of nitro groups is 1. The maximum absolute atomic E-state index is 10.9. The van der Waals surface area contributed by atoms with Crippen molar-refractivity contribution >= 4 is 11.8 Å². The molecule has 148 valence electrons. The van der Waals surface area contributed by atoms with Gasteiger partial charge in [0.25, 0.3) is 5.69 Å². The number of nitrogens with zero attached hydrogens (tertiary/aromatic N) is 3. The van der Waals surface area contributed by atoms with Crippen LogP contribution in [0.4, 0.5) is 10.5 Å². The third-order valence-electron chi connectivity index (χ3n) is 4.78. The Morgan fingerprint density at radius 3 is 2.18 bits per heavy atom. The smallest absolute Gasteiger partial charge is 0.407 e. The number of benzene rings is 2. The zero-order valence-corrected chi connectivity index (χ0v) is 15.5. The Labute approximate surface area is 163 Å². The Morgan fingerprint density at radius 2 is 1.61 bits per heavy atom. The molecule has 0 aromatic heterocycles. The summed E-state index contributed by atoms with van der Waals surface area (Å²) < 4.78 is 5.64. The Hall–Kier alpha value is -3.13. The summed E-state index contributed by atoms with van der Waals surface area (Å²) in [6, 6.07) is 14.4. The van der Waals surface area contributed by atoms with Gasteiger partial charge in [-0.15, -0.1) is 0 Å². The minimum atomic E-state index is -0.847. The topological polar surface area (TPSA) is 96.2 Å². The van der Waals surface area contributed by atoms with Crippen LogP contribution < -0.4 is 4.74 Å². The molecular weight excluding hydrogens is 362 g/mol. The summed E-state index contributed by atoms with van der Waals surface area (Å²) in [7, 11) is 0. The van der Waals surface area contributed by atoms with Crippen molar-refractivity contribution in [3.63, 3.8) is 0 Å². The van der Waals surface area contributed by atoms with E-state index in [1.807, 2.05) is 0 Å². The summed E-state index contributed by atoms with van der Waals surface area (Å²) >= 11 is 0. The highest BCUT2D eigenvalue weighted by Crippen LogP contribution is 2.18. The van der Waals surface area contributed by atoms with Crippen molar-refractivity contribution in [3.05, 3.63) is 69.8 Å². The van der Waals surface area contributed by atoms with E-state index in [2.05, 4.69) is 29.2 Å². The molecular formula is C20H23N3O5. The second-order valence-corrected chi connectivity index (χ2v) is 6.71. The third-order valence-corrected chi connectivity index (χ3v) is 4.78. The number of carboxylic acid groups (broad SMARTS) is 1. The molecule has 0 radical (unpaired) electrons. The maximum atomic E-state index is 10.9. The van der Waals surface area contributed by atoms with Gasteiger partial charge in [-0.3, -0.25) is 15.0 Å². The van der Waals surface area contributed by atoms with Gasteiger partial charge in [0.2, 0.25) is 0 Å². The molecule has 2 aromatic rings. The summed E-state index contributed by atoms with van der Waals surface area (Å²) in [5.74, 6) is 0.614. The average Bonchev–Trinajstić information content (AvgIpc) is 2.70.